The number of carbonyl (C=O) groups excluding carboxylic acids is 2. The number of amides is 1. The molecule has 7 heteroatoms. The number of Topliss-reactive ketones (excluding diaryl/α,β-unsaturated/α-hetero) is 1. The number of ether oxygens (including phenoxy) is 3. The van der Waals surface area contributed by atoms with Gasteiger partial charge in [-0.1, -0.05) is 18.2 Å². The molecule has 31 heavy (non-hydrogen) atoms. The van der Waals surface area contributed by atoms with Crippen molar-refractivity contribution in [3.63, 3.8) is 0 Å². The Balaban J connectivity index is 2.17. The van der Waals surface area contributed by atoms with Crippen molar-refractivity contribution in [3.05, 3.63) is 64.7 Å². The average molecular weight is 425 g/mol. The summed E-state index contributed by atoms with van der Waals surface area (Å²) in [6, 6.07) is 11.5. The zero-order chi connectivity index (χ0) is 22.5. The first-order valence-electron chi connectivity index (χ1n) is 9.99. The molecule has 0 saturated carbocycles. The second kappa shape index (κ2) is 9.66. The summed E-state index contributed by atoms with van der Waals surface area (Å²) in [5.41, 5.74) is 1.91. The van der Waals surface area contributed by atoms with E-state index in [1.165, 1.54) is 12.0 Å². The number of rotatable bonds is 8. The molecule has 0 radical (unpaired) electrons. The van der Waals surface area contributed by atoms with E-state index in [0.29, 0.717) is 42.2 Å². The molecule has 0 bridgehead atoms. The first kappa shape index (κ1) is 22.4. The van der Waals surface area contributed by atoms with E-state index in [4.69, 9.17) is 14.2 Å². The third kappa shape index (κ3) is 4.27. The molecule has 1 aliphatic rings. The summed E-state index contributed by atoms with van der Waals surface area (Å²) in [7, 11) is 4.68. The lowest BCUT2D eigenvalue weighted by atomic mass is 9.94. The van der Waals surface area contributed by atoms with Gasteiger partial charge in [-0.15, -0.1) is 0 Å². The highest BCUT2D eigenvalue weighted by Gasteiger charge is 2.46. The fourth-order valence-electron chi connectivity index (χ4n) is 3.89. The van der Waals surface area contributed by atoms with Crippen molar-refractivity contribution in [1.82, 2.24) is 4.90 Å². The summed E-state index contributed by atoms with van der Waals surface area (Å²) < 4.78 is 15.9. The highest BCUT2D eigenvalue weighted by Crippen LogP contribution is 2.42. The Hall–Kier alpha value is -3.32. The lowest BCUT2D eigenvalue weighted by Crippen LogP contribution is -2.31. The quantitative estimate of drug-likeness (QED) is 0.302. The molecule has 3 rings (SSSR count). The number of para-hydroxylation sites is 1. The Kier molecular flexibility index (Phi) is 6.97. The van der Waals surface area contributed by atoms with Gasteiger partial charge in [-0.05, 0) is 43.2 Å². The Morgan fingerprint density at radius 1 is 1.03 bits per heavy atom. The van der Waals surface area contributed by atoms with Gasteiger partial charge in [-0.3, -0.25) is 9.59 Å². The van der Waals surface area contributed by atoms with E-state index in [0.717, 1.165) is 5.56 Å². The fraction of sp³-hybridized carbons (Fsp3) is 0.333. The van der Waals surface area contributed by atoms with Crippen LogP contribution in [-0.4, -0.2) is 56.2 Å². The lowest BCUT2D eigenvalue weighted by Gasteiger charge is -2.26. The molecule has 0 spiro atoms. The fourth-order valence-corrected chi connectivity index (χ4v) is 3.89. The van der Waals surface area contributed by atoms with E-state index >= 15 is 0 Å². The van der Waals surface area contributed by atoms with Crippen LogP contribution in [0.4, 0.5) is 0 Å². The van der Waals surface area contributed by atoms with Crippen molar-refractivity contribution in [2.75, 3.05) is 34.5 Å². The predicted molar refractivity (Wildman–Crippen MR) is 116 cm³/mol. The smallest absolute Gasteiger partial charge is 0.295 e. The Morgan fingerprint density at radius 3 is 2.39 bits per heavy atom. The summed E-state index contributed by atoms with van der Waals surface area (Å²) in [5, 5.41) is 11.2. The van der Waals surface area contributed by atoms with E-state index in [1.807, 2.05) is 19.1 Å². The number of hydrogen-bond acceptors (Lipinski definition) is 6. The summed E-state index contributed by atoms with van der Waals surface area (Å²) in [5.74, 6) is -0.409. The topological polar surface area (TPSA) is 85.3 Å². The summed E-state index contributed by atoms with van der Waals surface area (Å²) in [4.78, 5) is 27.4. The van der Waals surface area contributed by atoms with E-state index in [-0.39, 0.29) is 11.3 Å². The third-order valence-electron chi connectivity index (χ3n) is 5.39. The number of likely N-dealkylation sites (tertiary alicyclic amines) is 1. The molecule has 7 nitrogen and oxygen atoms in total. The van der Waals surface area contributed by atoms with Crippen LogP contribution in [0.3, 0.4) is 0 Å². The van der Waals surface area contributed by atoms with Crippen molar-refractivity contribution < 1.29 is 28.9 Å². The van der Waals surface area contributed by atoms with Gasteiger partial charge in [0.2, 0.25) is 0 Å². The molecule has 1 amide bonds. The number of carbonyl (C=O) groups is 2. The highest BCUT2D eigenvalue weighted by atomic mass is 16.5. The standard InChI is InChI=1S/C24H27NO6/c1-15-14-16(10-11-18(15)30-3)22(26)20-21(17-8-5-6-9-19(17)31-4)25(12-7-13-29-2)24(28)23(20)27/h5-6,8-11,14,21,26H,7,12-13H2,1-4H3/t21-/m0/s1. The molecule has 164 valence electrons. The van der Waals surface area contributed by atoms with Gasteiger partial charge in [0, 0.05) is 31.4 Å². The predicted octanol–water partition coefficient (Wildman–Crippen LogP) is 3.47. The molecular weight excluding hydrogens is 398 g/mol. The van der Waals surface area contributed by atoms with Crippen molar-refractivity contribution in [1.29, 1.82) is 0 Å². The summed E-state index contributed by atoms with van der Waals surface area (Å²) in [6.07, 6.45) is 0.552. The van der Waals surface area contributed by atoms with Crippen LogP contribution in [-0.2, 0) is 14.3 Å². The van der Waals surface area contributed by atoms with Gasteiger partial charge in [0.15, 0.2) is 0 Å². The number of aliphatic hydroxyl groups excluding tert-OH is 1. The zero-order valence-corrected chi connectivity index (χ0v) is 18.2. The van der Waals surface area contributed by atoms with Crippen LogP contribution in [0.5, 0.6) is 11.5 Å². The van der Waals surface area contributed by atoms with Crippen LogP contribution in [0, 0.1) is 6.92 Å². The van der Waals surface area contributed by atoms with Crippen molar-refractivity contribution in [2.24, 2.45) is 0 Å². The molecular formula is C24H27NO6. The second-order valence-electron chi connectivity index (χ2n) is 7.27. The van der Waals surface area contributed by atoms with E-state index in [1.54, 1.807) is 44.6 Å². The molecule has 2 aromatic rings. The molecule has 1 heterocycles. The number of hydrogen-bond donors (Lipinski definition) is 1. The van der Waals surface area contributed by atoms with Crippen LogP contribution in [0.15, 0.2) is 48.0 Å². The Labute approximate surface area is 181 Å². The number of aliphatic hydroxyl groups is 1. The minimum Gasteiger partial charge on any atom is -0.507 e. The normalized spacial score (nSPS) is 17.8. The van der Waals surface area contributed by atoms with Gasteiger partial charge in [-0.2, -0.15) is 0 Å². The third-order valence-corrected chi connectivity index (χ3v) is 5.39. The SMILES string of the molecule is COCCCN1C(=O)C(=O)C(=C(O)c2ccc(OC)c(C)c2)[C@@H]1c1ccccc1OC. The van der Waals surface area contributed by atoms with Gasteiger partial charge in [0.05, 0.1) is 25.8 Å². The maximum atomic E-state index is 13.0. The summed E-state index contributed by atoms with van der Waals surface area (Å²) in [6.45, 7) is 2.59. The van der Waals surface area contributed by atoms with Crippen molar-refractivity contribution >= 4 is 17.4 Å². The van der Waals surface area contributed by atoms with Gasteiger partial charge < -0.3 is 24.2 Å². The first-order valence-corrected chi connectivity index (χ1v) is 9.99. The minimum absolute atomic E-state index is 0.0384. The lowest BCUT2D eigenvalue weighted by molar-refractivity contribution is -0.140. The van der Waals surface area contributed by atoms with Gasteiger partial charge in [0.25, 0.3) is 11.7 Å². The zero-order valence-electron chi connectivity index (χ0n) is 18.2. The maximum Gasteiger partial charge on any atom is 0.295 e. The Bertz CT molecular complexity index is 1010. The minimum atomic E-state index is -0.768. The van der Waals surface area contributed by atoms with E-state index in [9.17, 15) is 14.7 Å². The van der Waals surface area contributed by atoms with Gasteiger partial charge >= 0.3 is 0 Å². The molecule has 1 N–H and O–H groups in total. The first-order chi connectivity index (χ1) is 14.9. The van der Waals surface area contributed by atoms with Crippen molar-refractivity contribution in [2.45, 2.75) is 19.4 Å². The number of benzene rings is 2. The molecule has 1 aliphatic heterocycles. The molecule has 1 fully saturated rings. The van der Waals surface area contributed by atoms with Crippen LogP contribution in [0.2, 0.25) is 0 Å². The van der Waals surface area contributed by atoms with E-state index < -0.39 is 17.7 Å². The number of nitrogens with zero attached hydrogens (tertiary/aromatic N) is 1. The molecule has 0 aromatic heterocycles. The molecule has 0 aliphatic carbocycles. The highest BCUT2D eigenvalue weighted by molar-refractivity contribution is 6.46. The van der Waals surface area contributed by atoms with Crippen LogP contribution >= 0.6 is 0 Å². The van der Waals surface area contributed by atoms with Gasteiger partial charge in [-0.25, -0.2) is 0 Å². The average Bonchev–Trinajstić information content (AvgIpc) is 3.03. The van der Waals surface area contributed by atoms with Crippen LogP contribution in [0.25, 0.3) is 5.76 Å². The van der Waals surface area contributed by atoms with Crippen LogP contribution in [0.1, 0.15) is 29.2 Å². The largest absolute Gasteiger partial charge is 0.507 e. The number of ketones is 1. The summed E-state index contributed by atoms with van der Waals surface area (Å²) >= 11 is 0. The number of methoxy groups -OCH3 is 3. The number of aryl methyl sites for hydroxylation is 1. The maximum absolute atomic E-state index is 13.0. The molecule has 1 saturated heterocycles. The molecule has 2 aromatic carbocycles. The van der Waals surface area contributed by atoms with Crippen molar-refractivity contribution in [3.8, 4) is 11.5 Å². The second-order valence-corrected chi connectivity index (χ2v) is 7.27. The monoisotopic (exact) mass is 425 g/mol. The Morgan fingerprint density at radius 2 is 1.74 bits per heavy atom. The van der Waals surface area contributed by atoms with E-state index in [2.05, 4.69) is 0 Å². The van der Waals surface area contributed by atoms with Crippen LogP contribution < -0.4 is 9.47 Å². The molecule has 0 unspecified atom stereocenters. The van der Waals surface area contributed by atoms with Gasteiger partial charge in [0.1, 0.15) is 17.3 Å². The molecule has 1 atom stereocenters.